The first-order chi connectivity index (χ1) is 8.72. The minimum absolute atomic E-state index is 0.229. The number of allylic oxidation sites excluding steroid dienone is 1. The standard InChI is InChI=1S/C16H21NO/c1-17(2)14-9-5-8-13-15(14)11-6-4-7-12(10-11)16(13)18-3/h4-5,7-9,11-12,16H,6,10H2,1-3H3. The molecule has 1 aromatic rings. The zero-order valence-corrected chi connectivity index (χ0v) is 11.4. The van der Waals surface area contributed by atoms with E-state index >= 15 is 0 Å². The van der Waals surface area contributed by atoms with Crippen LogP contribution in [0, 0.1) is 5.92 Å². The fraction of sp³-hybridized carbons (Fsp3) is 0.500. The van der Waals surface area contributed by atoms with Gasteiger partial charge in [0.15, 0.2) is 0 Å². The monoisotopic (exact) mass is 243 g/mol. The highest BCUT2D eigenvalue weighted by atomic mass is 16.5. The van der Waals surface area contributed by atoms with Gasteiger partial charge in [-0.25, -0.2) is 0 Å². The lowest BCUT2D eigenvalue weighted by Gasteiger charge is -2.40. The highest BCUT2D eigenvalue weighted by Gasteiger charge is 2.36. The third kappa shape index (κ3) is 1.67. The van der Waals surface area contributed by atoms with Crippen molar-refractivity contribution in [1.82, 2.24) is 0 Å². The summed E-state index contributed by atoms with van der Waals surface area (Å²) in [6.45, 7) is 0. The van der Waals surface area contributed by atoms with Gasteiger partial charge in [0.1, 0.15) is 0 Å². The van der Waals surface area contributed by atoms with Crippen LogP contribution in [0.3, 0.4) is 0 Å². The first-order valence-corrected chi connectivity index (χ1v) is 6.72. The fourth-order valence-electron chi connectivity index (χ4n) is 3.57. The molecule has 0 radical (unpaired) electrons. The van der Waals surface area contributed by atoms with Crippen molar-refractivity contribution in [2.75, 3.05) is 26.1 Å². The Labute approximate surface area is 109 Å². The molecule has 0 amide bonds. The van der Waals surface area contributed by atoms with E-state index in [-0.39, 0.29) is 6.10 Å². The van der Waals surface area contributed by atoms with Crippen molar-refractivity contribution in [3.63, 3.8) is 0 Å². The predicted octanol–water partition coefficient (Wildman–Crippen LogP) is 3.50. The number of nitrogens with zero attached hydrogens (tertiary/aromatic N) is 1. The molecule has 0 aliphatic heterocycles. The lowest BCUT2D eigenvalue weighted by Crippen LogP contribution is -2.28. The van der Waals surface area contributed by atoms with Gasteiger partial charge in [0.2, 0.25) is 0 Å². The Morgan fingerprint density at radius 2 is 2.11 bits per heavy atom. The van der Waals surface area contributed by atoms with Gasteiger partial charge in [0, 0.05) is 32.8 Å². The largest absolute Gasteiger partial charge is 0.377 e. The van der Waals surface area contributed by atoms with Crippen molar-refractivity contribution in [2.45, 2.75) is 24.9 Å². The van der Waals surface area contributed by atoms with Gasteiger partial charge in [-0.15, -0.1) is 0 Å². The van der Waals surface area contributed by atoms with E-state index in [1.165, 1.54) is 29.7 Å². The summed E-state index contributed by atoms with van der Waals surface area (Å²) >= 11 is 0. The number of rotatable bonds is 2. The third-order valence-electron chi connectivity index (χ3n) is 4.32. The Morgan fingerprint density at radius 3 is 2.83 bits per heavy atom. The van der Waals surface area contributed by atoms with Crippen LogP contribution in [0.1, 0.15) is 36.0 Å². The van der Waals surface area contributed by atoms with E-state index < -0.39 is 0 Å². The van der Waals surface area contributed by atoms with Crippen LogP contribution in [0.25, 0.3) is 0 Å². The molecular weight excluding hydrogens is 222 g/mol. The molecule has 2 nitrogen and oxygen atoms in total. The number of methoxy groups -OCH3 is 1. The topological polar surface area (TPSA) is 12.5 Å². The van der Waals surface area contributed by atoms with Crippen molar-refractivity contribution in [3.05, 3.63) is 41.5 Å². The molecular formula is C16H21NO. The zero-order chi connectivity index (χ0) is 12.7. The summed E-state index contributed by atoms with van der Waals surface area (Å²) in [6.07, 6.45) is 7.31. The molecule has 0 saturated carbocycles. The Hall–Kier alpha value is -1.28. The van der Waals surface area contributed by atoms with E-state index in [2.05, 4.69) is 49.3 Å². The van der Waals surface area contributed by atoms with Crippen molar-refractivity contribution in [3.8, 4) is 0 Å². The molecule has 3 rings (SSSR count). The van der Waals surface area contributed by atoms with Crippen LogP contribution in [0.15, 0.2) is 30.4 Å². The maximum Gasteiger partial charge on any atom is 0.0887 e. The first kappa shape index (κ1) is 11.8. The lowest BCUT2D eigenvalue weighted by atomic mass is 9.70. The van der Waals surface area contributed by atoms with E-state index in [0.29, 0.717) is 11.8 Å². The smallest absolute Gasteiger partial charge is 0.0887 e. The number of benzene rings is 1. The summed E-state index contributed by atoms with van der Waals surface area (Å²) in [5, 5.41) is 0. The summed E-state index contributed by atoms with van der Waals surface area (Å²) in [5.74, 6) is 1.22. The maximum absolute atomic E-state index is 5.77. The van der Waals surface area contributed by atoms with Gasteiger partial charge in [-0.2, -0.15) is 0 Å². The molecule has 1 aromatic carbocycles. The second kappa shape index (κ2) is 4.43. The molecule has 2 bridgehead atoms. The van der Waals surface area contributed by atoms with Gasteiger partial charge in [-0.1, -0.05) is 24.3 Å². The van der Waals surface area contributed by atoms with Gasteiger partial charge >= 0.3 is 0 Å². The Balaban J connectivity index is 2.17. The summed E-state index contributed by atoms with van der Waals surface area (Å²) in [5.41, 5.74) is 4.26. The van der Waals surface area contributed by atoms with Crippen LogP contribution in [-0.2, 0) is 4.74 Å². The van der Waals surface area contributed by atoms with Crippen molar-refractivity contribution in [1.29, 1.82) is 0 Å². The second-order valence-corrected chi connectivity index (χ2v) is 5.59. The van der Waals surface area contributed by atoms with E-state index in [4.69, 9.17) is 4.74 Å². The molecule has 0 heterocycles. The highest BCUT2D eigenvalue weighted by molar-refractivity contribution is 5.60. The molecule has 0 spiro atoms. The minimum Gasteiger partial charge on any atom is -0.377 e. The molecule has 0 saturated heterocycles. The number of anilines is 1. The van der Waals surface area contributed by atoms with Crippen LogP contribution in [0.4, 0.5) is 5.69 Å². The van der Waals surface area contributed by atoms with Crippen LogP contribution >= 0.6 is 0 Å². The van der Waals surface area contributed by atoms with Gasteiger partial charge < -0.3 is 9.64 Å². The predicted molar refractivity (Wildman–Crippen MR) is 75.1 cm³/mol. The Bertz CT molecular complexity index is 478. The maximum atomic E-state index is 5.77. The SMILES string of the molecule is COC1c2cccc(N(C)C)c2C2CC=CC1C2. The summed E-state index contributed by atoms with van der Waals surface area (Å²) in [6, 6.07) is 6.63. The van der Waals surface area contributed by atoms with Crippen LogP contribution in [0.2, 0.25) is 0 Å². The molecule has 0 fully saturated rings. The van der Waals surface area contributed by atoms with Crippen LogP contribution in [-0.4, -0.2) is 21.2 Å². The van der Waals surface area contributed by atoms with E-state index in [9.17, 15) is 0 Å². The molecule has 0 N–H and O–H groups in total. The highest BCUT2D eigenvalue weighted by Crippen LogP contribution is 2.50. The fourth-order valence-corrected chi connectivity index (χ4v) is 3.57. The molecule has 18 heavy (non-hydrogen) atoms. The van der Waals surface area contributed by atoms with Crippen molar-refractivity contribution >= 4 is 5.69 Å². The summed E-state index contributed by atoms with van der Waals surface area (Å²) < 4.78 is 5.77. The minimum atomic E-state index is 0.229. The van der Waals surface area contributed by atoms with Crippen molar-refractivity contribution < 1.29 is 4.74 Å². The van der Waals surface area contributed by atoms with E-state index in [0.717, 1.165) is 0 Å². The van der Waals surface area contributed by atoms with Gasteiger partial charge in [-0.3, -0.25) is 0 Å². The van der Waals surface area contributed by atoms with Crippen molar-refractivity contribution in [2.24, 2.45) is 5.92 Å². The van der Waals surface area contributed by atoms with E-state index in [1.807, 2.05) is 7.11 Å². The Morgan fingerprint density at radius 1 is 1.28 bits per heavy atom. The molecule has 3 unspecified atom stereocenters. The second-order valence-electron chi connectivity index (χ2n) is 5.59. The summed E-state index contributed by atoms with van der Waals surface area (Å²) in [4.78, 5) is 2.23. The van der Waals surface area contributed by atoms with Gasteiger partial charge in [-0.05, 0) is 36.0 Å². The van der Waals surface area contributed by atoms with Crippen LogP contribution in [0.5, 0.6) is 0 Å². The number of ether oxygens (including phenoxy) is 1. The zero-order valence-electron chi connectivity index (χ0n) is 11.4. The Kier molecular flexibility index (Phi) is 2.90. The number of hydrogen-bond acceptors (Lipinski definition) is 2. The molecule has 2 heteroatoms. The number of hydrogen-bond donors (Lipinski definition) is 0. The molecule has 96 valence electrons. The third-order valence-corrected chi connectivity index (χ3v) is 4.32. The van der Waals surface area contributed by atoms with Gasteiger partial charge in [0.05, 0.1) is 6.10 Å². The lowest BCUT2D eigenvalue weighted by molar-refractivity contribution is 0.0517. The number of fused-ring (bicyclic) bond motifs is 4. The first-order valence-electron chi connectivity index (χ1n) is 6.72. The van der Waals surface area contributed by atoms with Gasteiger partial charge in [0.25, 0.3) is 0 Å². The molecule has 2 aliphatic rings. The average molecular weight is 243 g/mol. The summed E-state index contributed by atoms with van der Waals surface area (Å²) in [7, 11) is 6.09. The van der Waals surface area contributed by atoms with E-state index in [1.54, 1.807) is 0 Å². The molecule has 0 aromatic heterocycles. The molecule has 3 atom stereocenters. The quantitative estimate of drug-likeness (QED) is 0.737. The molecule has 2 aliphatic carbocycles. The van der Waals surface area contributed by atoms with Crippen LogP contribution < -0.4 is 4.90 Å². The average Bonchev–Trinajstić information content (AvgIpc) is 2.39. The normalized spacial score (nSPS) is 28.9.